The molecule has 2 aromatic carbocycles. The molecule has 6 heteroatoms. The van der Waals surface area contributed by atoms with Gasteiger partial charge in [0.05, 0.1) is 5.56 Å². The molecule has 0 aromatic heterocycles. The van der Waals surface area contributed by atoms with Gasteiger partial charge in [0.25, 0.3) is 5.91 Å². The highest BCUT2D eigenvalue weighted by Gasteiger charge is 2.30. The van der Waals surface area contributed by atoms with Crippen molar-refractivity contribution in [2.24, 2.45) is 0 Å². The molecule has 0 radical (unpaired) electrons. The maximum absolute atomic E-state index is 12.8. The molecule has 0 saturated heterocycles. The van der Waals surface area contributed by atoms with Gasteiger partial charge in [-0.15, -0.1) is 0 Å². The van der Waals surface area contributed by atoms with E-state index in [2.05, 4.69) is 24.1 Å². The average Bonchev–Trinajstić information content (AvgIpc) is 2.64. The van der Waals surface area contributed by atoms with E-state index in [4.69, 9.17) is 0 Å². The number of rotatable bonds is 7. The van der Waals surface area contributed by atoms with Crippen molar-refractivity contribution in [2.75, 3.05) is 13.1 Å². The van der Waals surface area contributed by atoms with Crippen LogP contribution >= 0.6 is 0 Å². The molecule has 0 atom stereocenters. The zero-order valence-electron chi connectivity index (χ0n) is 14.9. The molecule has 1 N–H and O–H groups in total. The first-order chi connectivity index (χ1) is 12.3. The molecule has 1 amide bonds. The molecule has 26 heavy (non-hydrogen) atoms. The second-order valence-electron chi connectivity index (χ2n) is 5.99. The molecule has 0 unspecified atom stereocenters. The van der Waals surface area contributed by atoms with Crippen LogP contribution in [-0.4, -0.2) is 23.9 Å². The number of hydrogen-bond donors (Lipinski definition) is 1. The molecule has 0 spiro atoms. The van der Waals surface area contributed by atoms with Crippen LogP contribution in [0.3, 0.4) is 0 Å². The fraction of sp³-hybridized carbons (Fsp3) is 0.350. The van der Waals surface area contributed by atoms with Crippen molar-refractivity contribution in [2.45, 2.75) is 33.1 Å². The maximum Gasteiger partial charge on any atom is 0.416 e. The zero-order chi connectivity index (χ0) is 19.2. The largest absolute Gasteiger partial charge is 0.416 e. The third kappa shape index (κ3) is 5.33. The van der Waals surface area contributed by atoms with Gasteiger partial charge in [-0.1, -0.05) is 44.2 Å². The fourth-order valence-corrected chi connectivity index (χ4v) is 2.69. The van der Waals surface area contributed by atoms with Crippen LogP contribution in [0, 0.1) is 0 Å². The van der Waals surface area contributed by atoms with Gasteiger partial charge in [0.2, 0.25) is 0 Å². The third-order valence-electron chi connectivity index (χ3n) is 4.30. The minimum absolute atomic E-state index is 0.000971. The van der Waals surface area contributed by atoms with E-state index in [1.54, 1.807) is 0 Å². The van der Waals surface area contributed by atoms with E-state index >= 15 is 0 Å². The van der Waals surface area contributed by atoms with Crippen LogP contribution < -0.4 is 5.32 Å². The molecule has 2 aromatic rings. The lowest BCUT2D eigenvalue weighted by atomic mass is 10.1. The van der Waals surface area contributed by atoms with Crippen LogP contribution in [0.15, 0.2) is 48.5 Å². The Bertz CT molecular complexity index is 740. The maximum atomic E-state index is 12.8. The van der Waals surface area contributed by atoms with Crippen LogP contribution in [0.4, 0.5) is 13.2 Å². The SMILES string of the molecule is CCN(CC)Cc1ccccc1CNC(=O)c1cccc(C(F)(F)F)c1. The van der Waals surface area contributed by atoms with Crippen LogP contribution in [0.25, 0.3) is 0 Å². The average molecular weight is 364 g/mol. The Kier molecular flexibility index (Phi) is 6.80. The number of amides is 1. The van der Waals surface area contributed by atoms with Crippen molar-refractivity contribution in [1.82, 2.24) is 10.2 Å². The first-order valence-corrected chi connectivity index (χ1v) is 8.59. The molecule has 0 aliphatic heterocycles. The molecule has 0 heterocycles. The van der Waals surface area contributed by atoms with Crippen molar-refractivity contribution in [3.63, 3.8) is 0 Å². The standard InChI is InChI=1S/C20H23F3N2O/c1-3-25(4-2)14-17-9-6-5-8-16(17)13-24-19(26)15-10-7-11-18(12-15)20(21,22)23/h5-12H,3-4,13-14H2,1-2H3,(H,24,26). The van der Waals surface area contributed by atoms with Gasteiger partial charge in [-0.3, -0.25) is 9.69 Å². The number of halogens is 3. The minimum Gasteiger partial charge on any atom is -0.348 e. The molecule has 0 saturated carbocycles. The van der Waals surface area contributed by atoms with Gasteiger partial charge in [-0.2, -0.15) is 13.2 Å². The molecule has 0 bridgehead atoms. The summed E-state index contributed by atoms with van der Waals surface area (Å²) in [6, 6.07) is 12.2. The molecule has 0 fully saturated rings. The molecule has 2 rings (SSSR count). The van der Waals surface area contributed by atoms with Gasteiger partial charge in [-0.25, -0.2) is 0 Å². The van der Waals surface area contributed by atoms with Gasteiger partial charge in [0.1, 0.15) is 0 Å². The van der Waals surface area contributed by atoms with Gasteiger partial charge < -0.3 is 5.32 Å². The summed E-state index contributed by atoms with van der Waals surface area (Å²) in [5.74, 6) is -0.520. The van der Waals surface area contributed by atoms with Gasteiger partial charge >= 0.3 is 6.18 Å². The number of benzene rings is 2. The van der Waals surface area contributed by atoms with Crippen LogP contribution in [-0.2, 0) is 19.3 Å². The van der Waals surface area contributed by atoms with E-state index in [1.807, 2.05) is 24.3 Å². The number of carbonyl (C=O) groups is 1. The van der Waals surface area contributed by atoms with E-state index in [0.717, 1.165) is 42.9 Å². The van der Waals surface area contributed by atoms with Crippen molar-refractivity contribution in [3.8, 4) is 0 Å². The number of nitrogens with zero attached hydrogens (tertiary/aromatic N) is 1. The molecule has 140 valence electrons. The summed E-state index contributed by atoms with van der Waals surface area (Å²) >= 11 is 0. The summed E-state index contributed by atoms with van der Waals surface area (Å²) in [5, 5.41) is 2.72. The number of hydrogen-bond acceptors (Lipinski definition) is 2. The first-order valence-electron chi connectivity index (χ1n) is 8.59. The second-order valence-corrected chi connectivity index (χ2v) is 5.99. The highest BCUT2D eigenvalue weighted by atomic mass is 19.4. The van der Waals surface area contributed by atoms with E-state index in [-0.39, 0.29) is 12.1 Å². The van der Waals surface area contributed by atoms with Crippen LogP contribution in [0.5, 0.6) is 0 Å². The number of carbonyl (C=O) groups excluding carboxylic acids is 1. The monoisotopic (exact) mass is 364 g/mol. The number of nitrogens with one attached hydrogen (secondary N) is 1. The summed E-state index contributed by atoms with van der Waals surface area (Å²) in [7, 11) is 0. The highest BCUT2D eigenvalue weighted by Crippen LogP contribution is 2.29. The van der Waals surface area contributed by atoms with E-state index in [0.29, 0.717) is 0 Å². The second kappa shape index (κ2) is 8.85. The Hall–Kier alpha value is -2.34. The fourth-order valence-electron chi connectivity index (χ4n) is 2.69. The Balaban J connectivity index is 2.08. The Morgan fingerprint density at radius 1 is 1.00 bits per heavy atom. The lowest BCUT2D eigenvalue weighted by molar-refractivity contribution is -0.137. The number of alkyl halides is 3. The predicted octanol–water partition coefficient (Wildman–Crippen LogP) is 4.48. The van der Waals surface area contributed by atoms with E-state index < -0.39 is 17.6 Å². The Morgan fingerprint density at radius 3 is 2.27 bits per heavy atom. The van der Waals surface area contributed by atoms with Crippen molar-refractivity contribution < 1.29 is 18.0 Å². The minimum atomic E-state index is -4.47. The summed E-state index contributed by atoms with van der Waals surface area (Å²) in [6.45, 7) is 7.04. The van der Waals surface area contributed by atoms with Crippen LogP contribution in [0.1, 0.15) is 40.9 Å². The molecular weight excluding hydrogens is 341 g/mol. The zero-order valence-corrected chi connectivity index (χ0v) is 14.9. The van der Waals surface area contributed by atoms with E-state index in [1.165, 1.54) is 12.1 Å². The molecular formula is C20H23F3N2O. The predicted molar refractivity (Wildman–Crippen MR) is 95.7 cm³/mol. The van der Waals surface area contributed by atoms with Gasteiger partial charge in [0.15, 0.2) is 0 Å². The topological polar surface area (TPSA) is 32.3 Å². The van der Waals surface area contributed by atoms with Crippen molar-refractivity contribution in [3.05, 3.63) is 70.8 Å². The third-order valence-corrected chi connectivity index (χ3v) is 4.30. The van der Waals surface area contributed by atoms with Gasteiger partial charge in [-0.05, 0) is 42.4 Å². The normalized spacial score (nSPS) is 11.6. The summed E-state index contributed by atoms with van der Waals surface area (Å²) in [6.07, 6.45) is -4.47. The van der Waals surface area contributed by atoms with E-state index in [9.17, 15) is 18.0 Å². The van der Waals surface area contributed by atoms with Crippen LogP contribution in [0.2, 0.25) is 0 Å². The lowest BCUT2D eigenvalue weighted by Gasteiger charge is -2.20. The Morgan fingerprint density at radius 2 is 1.65 bits per heavy atom. The smallest absolute Gasteiger partial charge is 0.348 e. The molecule has 3 nitrogen and oxygen atoms in total. The Labute approximate surface area is 151 Å². The van der Waals surface area contributed by atoms with Crippen molar-refractivity contribution >= 4 is 5.91 Å². The summed E-state index contributed by atoms with van der Waals surface area (Å²) < 4.78 is 38.4. The molecule has 0 aliphatic rings. The van der Waals surface area contributed by atoms with Crippen molar-refractivity contribution in [1.29, 1.82) is 0 Å². The van der Waals surface area contributed by atoms with Gasteiger partial charge in [0, 0.05) is 18.7 Å². The summed E-state index contributed by atoms with van der Waals surface area (Å²) in [4.78, 5) is 14.5. The summed E-state index contributed by atoms with van der Waals surface area (Å²) in [5.41, 5.74) is 1.23. The molecule has 0 aliphatic carbocycles. The highest BCUT2D eigenvalue weighted by molar-refractivity contribution is 5.94. The lowest BCUT2D eigenvalue weighted by Crippen LogP contribution is -2.26. The quantitative estimate of drug-likeness (QED) is 0.786. The first kappa shape index (κ1) is 20.0.